The summed E-state index contributed by atoms with van der Waals surface area (Å²) in [5.74, 6) is 0.662. The minimum Gasteiger partial charge on any atom is -0.316 e. The van der Waals surface area contributed by atoms with Crippen molar-refractivity contribution in [3.8, 4) is 0 Å². The third-order valence-corrected chi connectivity index (χ3v) is 5.25. The first-order valence-electron chi connectivity index (χ1n) is 6.66. The second-order valence-corrected chi connectivity index (χ2v) is 6.18. The Morgan fingerprint density at radius 3 is 3.06 bits per heavy atom. The highest BCUT2D eigenvalue weighted by Gasteiger charge is 2.43. The molecule has 0 saturated carbocycles. The molecule has 0 unspecified atom stereocenters. The topological polar surface area (TPSA) is 12.0 Å². The lowest BCUT2D eigenvalue weighted by atomic mass is 9.67. The summed E-state index contributed by atoms with van der Waals surface area (Å²) in [5, 5.41) is 4.59. The van der Waals surface area contributed by atoms with Crippen LogP contribution in [0.2, 0.25) is 5.02 Å². The minimum absolute atomic E-state index is 0.448. The van der Waals surface area contributed by atoms with Crippen LogP contribution in [0.25, 0.3) is 0 Å². The van der Waals surface area contributed by atoms with Crippen LogP contribution in [0.1, 0.15) is 42.9 Å². The molecule has 1 heterocycles. The Labute approximate surface area is 109 Å². The van der Waals surface area contributed by atoms with Gasteiger partial charge in [0.2, 0.25) is 0 Å². The molecule has 17 heavy (non-hydrogen) atoms. The van der Waals surface area contributed by atoms with Crippen molar-refractivity contribution < 1.29 is 0 Å². The largest absolute Gasteiger partial charge is 0.316 e. The zero-order valence-corrected chi connectivity index (χ0v) is 11.4. The van der Waals surface area contributed by atoms with Crippen molar-refractivity contribution in [2.24, 2.45) is 5.41 Å². The molecular weight excluding hydrogens is 230 g/mol. The fourth-order valence-corrected chi connectivity index (χ4v) is 3.97. The van der Waals surface area contributed by atoms with Gasteiger partial charge in [-0.2, -0.15) is 0 Å². The Kier molecular flexibility index (Phi) is 2.72. The molecule has 0 amide bonds. The highest BCUT2D eigenvalue weighted by atomic mass is 35.5. The Bertz CT molecular complexity index is 454. The van der Waals surface area contributed by atoms with E-state index in [2.05, 4.69) is 31.3 Å². The monoisotopic (exact) mass is 249 g/mol. The van der Waals surface area contributed by atoms with Gasteiger partial charge in [-0.25, -0.2) is 0 Å². The van der Waals surface area contributed by atoms with Gasteiger partial charge < -0.3 is 5.32 Å². The van der Waals surface area contributed by atoms with Crippen LogP contribution in [0.3, 0.4) is 0 Å². The number of benzene rings is 1. The van der Waals surface area contributed by atoms with Crippen molar-refractivity contribution in [2.45, 2.75) is 39.0 Å². The average Bonchev–Trinajstić information content (AvgIpc) is 2.71. The zero-order valence-electron chi connectivity index (χ0n) is 10.6. The molecule has 0 spiro atoms. The maximum absolute atomic E-state index is 6.54. The summed E-state index contributed by atoms with van der Waals surface area (Å²) in [5.41, 5.74) is 4.69. The van der Waals surface area contributed by atoms with Crippen LogP contribution in [-0.2, 0) is 12.8 Å². The van der Waals surface area contributed by atoms with E-state index in [-0.39, 0.29) is 0 Å². The van der Waals surface area contributed by atoms with Crippen molar-refractivity contribution in [3.05, 3.63) is 33.8 Å². The van der Waals surface area contributed by atoms with Crippen LogP contribution in [-0.4, -0.2) is 13.1 Å². The van der Waals surface area contributed by atoms with Crippen LogP contribution >= 0.6 is 11.6 Å². The molecule has 1 N–H and O–H groups in total. The molecule has 0 aromatic heterocycles. The molecule has 1 aromatic carbocycles. The van der Waals surface area contributed by atoms with Gasteiger partial charge in [0.1, 0.15) is 0 Å². The van der Waals surface area contributed by atoms with Gasteiger partial charge in [-0.15, -0.1) is 0 Å². The van der Waals surface area contributed by atoms with Gasteiger partial charge in [0, 0.05) is 24.0 Å². The average molecular weight is 250 g/mol. The van der Waals surface area contributed by atoms with Gasteiger partial charge in [0.15, 0.2) is 0 Å². The molecule has 1 saturated heterocycles. The Morgan fingerprint density at radius 2 is 2.29 bits per heavy atom. The SMILES string of the molecule is CCc1ccc2c(c1Cl)CC[C@]1(C)CNC[C@H]21. The van der Waals surface area contributed by atoms with Gasteiger partial charge in [-0.3, -0.25) is 0 Å². The lowest BCUT2D eigenvalue weighted by Gasteiger charge is -2.37. The number of aryl methyl sites for hydroxylation is 1. The quantitative estimate of drug-likeness (QED) is 0.803. The minimum atomic E-state index is 0.448. The summed E-state index contributed by atoms with van der Waals surface area (Å²) < 4.78 is 0. The number of hydrogen-bond acceptors (Lipinski definition) is 1. The zero-order chi connectivity index (χ0) is 12.0. The predicted octanol–water partition coefficient (Wildman–Crippen LogP) is 3.54. The van der Waals surface area contributed by atoms with Crippen molar-refractivity contribution >= 4 is 11.6 Å². The highest BCUT2D eigenvalue weighted by Crippen LogP contribution is 2.49. The molecule has 1 fully saturated rings. The molecule has 92 valence electrons. The molecule has 0 radical (unpaired) electrons. The summed E-state index contributed by atoms with van der Waals surface area (Å²) in [4.78, 5) is 0. The molecule has 1 nitrogen and oxygen atoms in total. The van der Waals surface area contributed by atoms with Crippen molar-refractivity contribution in [3.63, 3.8) is 0 Å². The van der Waals surface area contributed by atoms with E-state index in [1.807, 2.05) is 0 Å². The standard InChI is InChI=1S/C15H20ClN/c1-3-10-4-5-11-12(14(10)16)6-7-15(2)9-17-8-13(11)15/h4-5,13,17H,3,6-9H2,1-2H3/t13-,15-/m1/s1. The molecule has 1 aliphatic carbocycles. The van der Waals surface area contributed by atoms with E-state index in [0.717, 1.165) is 31.0 Å². The molecule has 0 bridgehead atoms. The van der Waals surface area contributed by atoms with E-state index in [9.17, 15) is 0 Å². The van der Waals surface area contributed by atoms with Crippen LogP contribution in [0.5, 0.6) is 0 Å². The fraction of sp³-hybridized carbons (Fsp3) is 0.600. The number of fused-ring (bicyclic) bond motifs is 3. The predicted molar refractivity (Wildman–Crippen MR) is 72.9 cm³/mol. The van der Waals surface area contributed by atoms with Gasteiger partial charge in [-0.05, 0) is 41.4 Å². The third-order valence-electron chi connectivity index (χ3n) is 4.78. The first kappa shape index (κ1) is 11.6. The maximum atomic E-state index is 6.54. The summed E-state index contributed by atoms with van der Waals surface area (Å²) >= 11 is 6.54. The normalized spacial score (nSPS) is 31.1. The van der Waals surface area contributed by atoms with E-state index in [1.165, 1.54) is 23.1 Å². The molecule has 2 heteroatoms. The Balaban J connectivity index is 2.11. The third kappa shape index (κ3) is 1.63. The van der Waals surface area contributed by atoms with Gasteiger partial charge in [0.05, 0.1) is 0 Å². The van der Waals surface area contributed by atoms with Crippen molar-refractivity contribution in [1.82, 2.24) is 5.32 Å². The van der Waals surface area contributed by atoms with Crippen LogP contribution < -0.4 is 5.32 Å². The number of halogens is 1. The molecule has 1 aromatic rings. The van der Waals surface area contributed by atoms with E-state index in [0.29, 0.717) is 11.3 Å². The molecule has 2 aliphatic rings. The van der Waals surface area contributed by atoms with Gasteiger partial charge >= 0.3 is 0 Å². The number of rotatable bonds is 1. The lowest BCUT2D eigenvalue weighted by Crippen LogP contribution is -2.30. The molecule has 2 atom stereocenters. The number of nitrogens with one attached hydrogen (secondary N) is 1. The second-order valence-electron chi connectivity index (χ2n) is 5.80. The lowest BCUT2D eigenvalue weighted by molar-refractivity contribution is 0.277. The van der Waals surface area contributed by atoms with Gasteiger partial charge in [-0.1, -0.05) is 37.6 Å². The van der Waals surface area contributed by atoms with Gasteiger partial charge in [0.25, 0.3) is 0 Å². The van der Waals surface area contributed by atoms with Crippen molar-refractivity contribution in [1.29, 1.82) is 0 Å². The molecule has 3 rings (SSSR count). The van der Waals surface area contributed by atoms with E-state index in [4.69, 9.17) is 11.6 Å². The molecular formula is C15H20ClN. The smallest absolute Gasteiger partial charge is 0.0472 e. The first-order valence-corrected chi connectivity index (χ1v) is 7.04. The Morgan fingerprint density at radius 1 is 1.47 bits per heavy atom. The summed E-state index contributed by atoms with van der Waals surface area (Å²) in [6, 6.07) is 4.56. The van der Waals surface area contributed by atoms with Crippen LogP contribution in [0.15, 0.2) is 12.1 Å². The Hall–Kier alpha value is -0.530. The second kappa shape index (κ2) is 4.00. The highest BCUT2D eigenvalue weighted by molar-refractivity contribution is 6.32. The van der Waals surface area contributed by atoms with E-state index in [1.54, 1.807) is 0 Å². The van der Waals surface area contributed by atoms with E-state index >= 15 is 0 Å². The summed E-state index contributed by atoms with van der Waals surface area (Å²) in [6.45, 7) is 6.87. The van der Waals surface area contributed by atoms with Crippen molar-refractivity contribution in [2.75, 3.05) is 13.1 Å². The maximum Gasteiger partial charge on any atom is 0.0472 e. The summed E-state index contributed by atoms with van der Waals surface area (Å²) in [7, 11) is 0. The summed E-state index contributed by atoms with van der Waals surface area (Å²) in [6.07, 6.45) is 3.45. The molecule has 1 aliphatic heterocycles. The fourth-order valence-electron chi connectivity index (χ4n) is 3.57. The first-order chi connectivity index (χ1) is 8.15. The van der Waals surface area contributed by atoms with E-state index < -0.39 is 0 Å². The van der Waals surface area contributed by atoms with Crippen LogP contribution in [0.4, 0.5) is 0 Å². The number of hydrogen-bond donors (Lipinski definition) is 1. The van der Waals surface area contributed by atoms with Crippen LogP contribution in [0, 0.1) is 5.41 Å².